The van der Waals surface area contributed by atoms with Crippen LogP contribution in [0.15, 0.2) is 40.9 Å². The van der Waals surface area contributed by atoms with Crippen LogP contribution in [0.3, 0.4) is 0 Å². The summed E-state index contributed by atoms with van der Waals surface area (Å²) in [5, 5.41) is 10.4. The summed E-state index contributed by atoms with van der Waals surface area (Å²) in [5.41, 5.74) is 1.58. The zero-order chi connectivity index (χ0) is 15.4. The molecule has 0 heterocycles. The van der Waals surface area contributed by atoms with Crippen molar-refractivity contribution in [3.05, 3.63) is 57.0 Å². The molecular formula is C16H16BrClO3. The molecule has 0 unspecified atom stereocenters. The van der Waals surface area contributed by atoms with E-state index in [1.807, 2.05) is 18.2 Å². The highest BCUT2D eigenvalue weighted by Crippen LogP contribution is 2.30. The molecule has 0 spiro atoms. The van der Waals surface area contributed by atoms with Gasteiger partial charge < -0.3 is 14.6 Å². The number of rotatable bonds is 5. The van der Waals surface area contributed by atoms with Crippen LogP contribution in [0.1, 0.15) is 24.2 Å². The van der Waals surface area contributed by atoms with Crippen LogP contribution < -0.4 is 9.47 Å². The Morgan fingerprint density at radius 2 is 1.95 bits per heavy atom. The molecule has 0 saturated heterocycles. The van der Waals surface area contributed by atoms with E-state index in [9.17, 15) is 5.11 Å². The average Bonchev–Trinajstić information content (AvgIpc) is 2.45. The Hall–Kier alpha value is -1.23. The van der Waals surface area contributed by atoms with Gasteiger partial charge in [-0.25, -0.2) is 0 Å². The Morgan fingerprint density at radius 3 is 2.62 bits per heavy atom. The summed E-state index contributed by atoms with van der Waals surface area (Å²) in [4.78, 5) is 0. The smallest absolute Gasteiger partial charge is 0.126 e. The van der Waals surface area contributed by atoms with Crippen LogP contribution in [0.4, 0.5) is 0 Å². The zero-order valence-corrected chi connectivity index (χ0v) is 14.1. The van der Waals surface area contributed by atoms with Crippen LogP contribution in [-0.2, 0) is 6.61 Å². The van der Waals surface area contributed by atoms with Crippen molar-refractivity contribution in [2.75, 3.05) is 7.11 Å². The van der Waals surface area contributed by atoms with Crippen LogP contribution in [0, 0.1) is 0 Å². The van der Waals surface area contributed by atoms with Crippen molar-refractivity contribution < 1.29 is 14.6 Å². The number of benzene rings is 2. The number of ether oxygens (including phenoxy) is 2. The minimum atomic E-state index is -0.602. The lowest BCUT2D eigenvalue weighted by Crippen LogP contribution is -2.02. The second kappa shape index (κ2) is 7.16. The van der Waals surface area contributed by atoms with E-state index in [1.165, 1.54) is 0 Å². The van der Waals surface area contributed by atoms with Gasteiger partial charge in [-0.1, -0.05) is 33.6 Å². The monoisotopic (exact) mass is 370 g/mol. The molecule has 0 fully saturated rings. The molecule has 1 N–H and O–H groups in total. The molecule has 112 valence electrons. The van der Waals surface area contributed by atoms with Gasteiger partial charge in [-0.3, -0.25) is 0 Å². The molecule has 0 aromatic heterocycles. The topological polar surface area (TPSA) is 38.7 Å². The molecule has 2 aromatic rings. The summed E-state index contributed by atoms with van der Waals surface area (Å²) < 4.78 is 12.0. The van der Waals surface area contributed by atoms with E-state index in [0.29, 0.717) is 23.1 Å². The molecule has 2 aromatic carbocycles. The molecule has 21 heavy (non-hydrogen) atoms. The minimum Gasteiger partial charge on any atom is -0.496 e. The van der Waals surface area contributed by atoms with Crippen LogP contribution in [0.2, 0.25) is 5.02 Å². The fourth-order valence-corrected chi connectivity index (χ4v) is 2.53. The van der Waals surface area contributed by atoms with Crippen LogP contribution in [0.25, 0.3) is 0 Å². The molecule has 0 aliphatic rings. The van der Waals surface area contributed by atoms with E-state index >= 15 is 0 Å². The van der Waals surface area contributed by atoms with Gasteiger partial charge in [0, 0.05) is 20.6 Å². The average molecular weight is 372 g/mol. The summed E-state index contributed by atoms with van der Waals surface area (Å²) in [6.07, 6.45) is -0.602. The first kappa shape index (κ1) is 16.1. The highest BCUT2D eigenvalue weighted by Gasteiger charge is 2.11. The standard InChI is InChI=1S/C16H16BrClO3/c1-10(19)14-5-3-12(17)8-16(14)21-9-11-7-13(18)4-6-15(11)20-2/h3-8,10,19H,9H2,1-2H3/t10-/m0/s1. The molecule has 0 aliphatic carbocycles. The Kier molecular flexibility index (Phi) is 5.51. The third-order valence-electron chi connectivity index (χ3n) is 3.05. The van der Waals surface area contributed by atoms with Gasteiger partial charge in [-0.15, -0.1) is 0 Å². The number of aliphatic hydroxyl groups is 1. The molecule has 0 saturated carbocycles. The van der Waals surface area contributed by atoms with E-state index in [4.69, 9.17) is 21.1 Å². The fourth-order valence-electron chi connectivity index (χ4n) is 1.99. The number of methoxy groups -OCH3 is 1. The van der Waals surface area contributed by atoms with E-state index in [-0.39, 0.29) is 0 Å². The maximum Gasteiger partial charge on any atom is 0.126 e. The van der Waals surface area contributed by atoms with Gasteiger partial charge in [0.15, 0.2) is 0 Å². The molecule has 0 aliphatic heterocycles. The molecule has 3 nitrogen and oxygen atoms in total. The quantitative estimate of drug-likeness (QED) is 0.825. The van der Waals surface area contributed by atoms with Gasteiger partial charge in [0.05, 0.1) is 13.2 Å². The first-order valence-electron chi connectivity index (χ1n) is 6.44. The molecular weight excluding hydrogens is 356 g/mol. The second-order valence-electron chi connectivity index (χ2n) is 4.60. The fraction of sp³-hybridized carbons (Fsp3) is 0.250. The van der Waals surface area contributed by atoms with E-state index in [2.05, 4.69) is 15.9 Å². The van der Waals surface area contributed by atoms with E-state index in [0.717, 1.165) is 15.6 Å². The molecule has 2 rings (SSSR count). The van der Waals surface area contributed by atoms with Gasteiger partial charge >= 0.3 is 0 Å². The van der Waals surface area contributed by atoms with E-state index < -0.39 is 6.10 Å². The van der Waals surface area contributed by atoms with Gasteiger partial charge in [0.2, 0.25) is 0 Å². The lowest BCUT2D eigenvalue weighted by atomic mass is 10.1. The van der Waals surface area contributed by atoms with Crippen molar-refractivity contribution >= 4 is 27.5 Å². The molecule has 0 amide bonds. The lowest BCUT2D eigenvalue weighted by Gasteiger charge is -2.15. The normalized spacial score (nSPS) is 12.0. The van der Waals surface area contributed by atoms with Crippen LogP contribution >= 0.6 is 27.5 Å². The Bertz CT molecular complexity index is 629. The third-order valence-corrected chi connectivity index (χ3v) is 3.78. The highest BCUT2D eigenvalue weighted by atomic mass is 79.9. The van der Waals surface area contributed by atoms with Gasteiger partial charge in [-0.2, -0.15) is 0 Å². The van der Waals surface area contributed by atoms with Crippen molar-refractivity contribution in [1.29, 1.82) is 0 Å². The number of halogens is 2. The molecule has 1 atom stereocenters. The number of hydrogen-bond acceptors (Lipinski definition) is 3. The summed E-state index contributed by atoms with van der Waals surface area (Å²) >= 11 is 9.41. The number of aliphatic hydroxyl groups excluding tert-OH is 1. The van der Waals surface area contributed by atoms with Gasteiger partial charge in [0.1, 0.15) is 18.1 Å². The van der Waals surface area contributed by atoms with Crippen molar-refractivity contribution in [3.8, 4) is 11.5 Å². The molecule has 5 heteroatoms. The minimum absolute atomic E-state index is 0.305. The van der Waals surface area contributed by atoms with Crippen molar-refractivity contribution in [1.82, 2.24) is 0 Å². The second-order valence-corrected chi connectivity index (χ2v) is 5.96. The Morgan fingerprint density at radius 1 is 1.19 bits per heavy atom. The SMILES string of the molecule is COc1ccc(Cl)cc1COc1cc(Br)ccc1[C@H](C)O. The summed E-state index contributed by atoms with van der Waals surface area (Å²) in [6, 6.07) is 10.9. The van der Waals surface area contributed by atoms with Crippen molar-refractivity contribution in [3.63, 3.8) is 0 Å². The Balaban J connectivity index is 2.24. The third kappa shape index (κ3) is 4.13. The maximum absolute atomic E-state index is 9.80. The van der Waals surface area contributed by atoms with Crippen LogP contribution in [-0.4, -0.2) is 12.2 Å². The lowest BCUT2D eigenvalue weighted by molar-refractivity contribution is 0.190. The number of hydrogen-bond donors (Lipinski definition) is 1. The Labute approximate surface area is 137 Å². The van der Waals surface area contributed by atoms with Gasteiger partial charge in [-0.05, 0) is 37.3 Å². The zero-order valence-electron chi connectivity index (χ0n) is 11.8. The first-order valence-corrected chi connectivity index (χ1v) is 7.61. The highest BCUT2D eigenvalue weighted by molar-refractivity contribution is 9.10. The maximum atomic E-state index is 9.80. The molecule has 0 radical (unpaired) electrons. The van der Waals surface area contributed by atoms with E-state index in [1.54, 1.807) is 32.2 Å². The predicted octanol–water partition coefficient (Wildman–Crippen LogP) is 4.74. The summed E-state index contributed by atoms with van der Waals surface area (Å²) in [7, 11) is 1.60. The first-order chi connectivity index (χ1) is 10.0. The van der Waals surface area contributed by atoms with Crippen LogP contribution in [0.5, 0.6) is 11.5 Å². The summed E-state index contributed by atoms with van der Waals surface area (Å²) in [6.45, 7) is 2.01. The van der Waals surface area contributed by atoms with Crippen molar-refractivity contribution in [2.24, 2.45) is 0 Å². The molecule has 0 bridgehead atoms. The summed E-state index contributed by atoms with van der Waals surface area (Å²) in [5.74, 6) is 1.34. The predicted molar refractivity (Wildman–Crippen MR) is 87.1 cm³/mol. The van der Waals surface area contributed by atoms with Gasteiger partial charge in [0.25, 0.3) is 0 Å². The largest absolute Gasteiger partial charge is 0.496 e. The van der Waals surface area contributed by atoms with Crippen molar-refractivity contribution in [2.45, 2.75) is 19.6 Å².